The first kappa shape index (κ1) is 17.2. The summed E-state index contributed by atoms with van der Waals surface area (Å²) in [5.74, 6) is 0. The standard InChI is InChI=1S/C20H34N2/c1-4-7-14-20(15-8-5-2)17-21-18-12-10-11-13-19(18)22(20)16-9-6-3/h10-13,21H,4-9,14-17H2,1-3H3. The van der Waals surface area contributed by atoms with Crippen molar-refractivity contribution >= 4 is 11.4 Å². The number of anilines is 2. The maximum atomic E-state index is 3.74. The van der Waals surface area contributed by atoms with Crippen molar-refractivity contribution < 1.29 is 0 Å². The van der Waals surface area contributed by atoms with Crippen molar-refractivity contribution in [2.24, 2.45) is 0 Å². The lowest BCUT2D eigenvalue weighted by molar-refractivity contribution is 0.323. The second kappa shape index (κ2) is 8.45. The molecule has 124 valence electrons. The summed E-state index contributed by atoms with van der Waals surface area (Å²) in [7, 11) is 0. The van der Waals surface area contributed by atoms with E-state index in [9.17, 15) is 0 Å². The topological polar surface area (TPSA) is 15.3 Å². The molecule has 1 aliphatic heterocycles. The van der Waals surface area contributed by atoms with Crippen LogP contribution in [-0.2, 0) is 0 Å². The van der Waals surface area contributed by atoms with Crippen molar-refractivity contribution in [2.45, 2.75) is 77.7 Å². The van der Waals surface area contributed by atoms with E-state index in [4.69, 9.17) is 0 Å². The molecular weight excluding hydrogens is 268 g/mol. The number of para-hydroxylation sites is 2. The van der Waals surface area contributed by atoms with Gasteiger partial charge in [0.25, 0.3) is 0 Å². The first-order chi connectivity index (χ1) is 10.8. The maximum Gasteiger partial charge on any atom is 0.0607 e. The van der Waals surface area contributed by atoms with Gasteiger partial charge in [0.15, 0.2) is 0 Å². The molecule has 0 amide bonds. The molecule has 22 heavy (non-hydrogen) atoms. The van der Waals surface area contributed by atoms with Crippen LogP contribution in [0.3, 0.4) is 0 Å². The Morgan fingerprint density at radius 3 is 2.23 bits per heavy atom. The minimum Gasteiger partial charge on any atom is -0.381 e. The van der Waals surface area contributed by atoms with E-state index in [1.54, 1.807) is 0 Å². The SMILES string of the molecule is CCCCN1c2ccccc2NCC1(CCCC)CCCC. The summed E-state index contributed by atoms with van der Waals surface area (Å²) in [4.78, 5) is 2.76. The number of hydrogen-bond acceptors (Lipinski definition) is 2. The molecule has 0 atom stereocenters. The predicted octanol–water partition coefficient (Wildman–Crippen LogP) is 5.84. The van der Waals surface area contributed by atoms with Crippen LogP contribution in [0.25, 0.3) is 0 Å². The Bertz CT molecular complexity index is 433. The minimum atomic E-state index is 0.315. The van der Waals surface area contributed by atoms with Crippen LogP contribution in [0.5, 0.6) is 0 Å². The average Bonchev–Trinajstić information content (AvgIpc) is 2.57. The van der Waals surface area contributed by atoms with Gasteiger partial charge in [-0.05, 0) is 31.4 Å². The third kappa shape index (κ3) is 3.77. The largest absolute Gasteiger partial charge is 0.381 e. The summed E-state index contributed by atoms with van der Waals surface area (Å²) < 4.78 is 0. The quantitative estimate of drug-likeness (QED) is 0.616. The molecule has 1 heterocycles. The lowest BCUT2D eigenvalue weighted by atomic mass is 9.82. The summed E-state index contributed by atoms with van der Waals surface area (Å²) in [5, 5.41) is 3.74. The molecule has 0 saturated carbocycles. The van der Waals surface area contributed by atoms with Gasteiger partial charge in [-0.1, -0.05) is 65.0 Å². The number of rotatable bonds is 9. The van der Waals surface area contributed by atoms with E-state index in [0.717, 1.165) is 6.54 Å². The van der Waals surface area contributed by atoms with Crippen LogP contribution < -0.4 is 10.2 Å². The van der Waals surface area contributed by atoms with Crippen molar-refractivity contribution in [3.8, 4) is 0 Å². The Balaban J connectivity index is 2.31. The van der Waals surface area contributed by atoms with Gasteiger partial charge in [-0.3, -0.25) is 0 Å². The molecule has 0 fully saturated rings. The monoisotopic (exact) mass is 302 g/mol. The van der Waals surface area contributed by atoms with E-state index in [0.29, 0.717) is 5.54 Å². The number of nitrogens with zero attached hydrogens (tertiary/aromatic N) is 1. The molecular formula is C20H34N2. The third-order valence-corrected chi connectivity index (χ3v) is 5.10. The molecule has 0 unspecified atom stereocenters. The van der Waals surface area contributed by atoms with Crippen LogP contribution in [0.15, 0.2) is 24.3 Å². The Kier molecular flexibility index (Phi) is 6.60. The van der Waals surface area contributed by atoms with E-state index >= 15 is 0 Å². The molecule has 0 bridgehead atoms. The highest BCUT2D eigenvalue weighted by Crippen LogP contribution is 2.41. The first-order valence-electron chi connectivity index (χ1n) is 9.38. The van der Waals surface area contributed by atoms with E-state index < -0.39 is 0 Å². The van der Waals surface area contributed by atoms with Gasteiger partial charge in [-0.25, -0.2) is 0 Å². The van der Waals surface area contributed by atoms with Crippen LogP contribution >= 0.6 is 0 Å². The molecule has 0 aromatic heterocycles. The molecule has 0 spiro atoms. The molecule has 2 nitrogen and oxygen atoms in total. The Hall–Kier alpha value is -1.18. The van der Waals surface area contributed by atoms with Gasteiger partial charge in [-0.2, -0.15) is 0 Å². The van der Waals surface area contributed by atoms with E-state index in [-0.39, 0.29) is 0 Å². The fourth-order valence-corrected chi connectivity index (χ4v) is 3.73. The summed E-state index contributed by atoms with van der Waals surface area (Å²) in [6, 6.07) is 8.88. The number of nitrogens with one attached hydrogen (secondary N) is 1. The molecule has 1 aromatic rings. The summed E-state index contributed by atoms with van der Waals surface area (Å²) >= 11 is 0. The Labute approximate surface area is 137 Å². The van der Waals surface area contributed by atoms with Gasteiger partial charge < -0.3 is 10.2 Å². The minimum absolute atomic E-state index is 0.315. The smallest absolute Gasteiger partial charge is 0.0607 e. The number of benzene rings is 1. The molecule has 0 radical (unpaired) electrons. The fourth-order valence-electron chi connectivity index (χ4n) is 3.73. The van der Waals surface area contributed by atoms with Gasteiger partial charge in [0.2, 0.25) is 0 Å². The van der Waals surface area contributed by atoms with Gasteiger partial charge in [0.05, 0.1) is 16.9 Å². The van der Waals surface area contributed by atoms with Crippen molar-refractivity contribution in [1.82, 2.24) is 0 Å². The molecule has 1 aromatic carbocycles. The molecule has 1 aliphatic rings. The lowest BCUT2D eigenvalue weighted by Crippen LogP contribution is -2.56. The Morgan fingerprint density at radius 1 is 0.955 bits per heavy atom. The fraction of sp³-hybridized carbons (Fsp3) is 0.700. The summed E-state index contributed by atoms with van der Waals surface area (Å²) in [6.07, 6.45) is 10.4. The number of unbranched alkanes of at least 4 members (excludes halogenated alkanes) is 3. The lowest BCUT2D eigenvalue weighted by Gasteiger charge is -2.50. The van der Waals surface area contributed by atoms with Crippen LogP contribution in [0.1, 0.15) is 72.1 Å². The zero-order chi connectivity index (χ0) is 15.8. The summed E-state index contributed by atoms with van der Waals surface area (Å²) in [5.41, 5.74) is 3.06. The summed E-state index contributed by atoms with van der Waals surface area (Å²) in [6.45, 7) is 9.23. The normalized spacial score (nSPS) is 16.2. The van der Waals surface area contributed by atoms with Crippen molar-refractivity contribution in [1.29, 1.82) is 0 Å². The van der Waals surface area contributed by atoms with Gasteiger partial charge >= 0.3 is 0 Å². The van der Waals surface area contributed by atoms with E-state index in [1.807, 2.05) is 0 Å². The van der Waals surface area contributed by atoms with E-state index in [2.05, 4.69) is 55.3 Å². The van der Waals surface area contributed by atoms with Gasteiger partial charge in [0, 0.05) is 13.1 Å². The van der Waals surface area contributed by atoms with Crippen LogP contribution in [-0.4, -0.2) is 18.6 Å². The third-order valence-electron chi connectivity index (χ3n) is 5.10. The second-order valence-corrected chi connectivity index (χ2v) is 6.81. The van der Waals surface area contributed by atoms with Gasteiger partial charge in [0.1, 0.15) is 0 Å². The highest BCUT2D eigenvalue weighted by Gasteiger charge is 2.39. The van der Waals surface area contributed by atoms with Crippen LogP contribution in [0.4, 0.5) is 11.4 Å². The average molecular weight is 303 g/mol. The van der Waals surface area contributed by atoms with E-state index in [1.165, 1.54) is 69.3 Å². The van der Waals surface area contributed by atoms with Crippen LogP contribution in [0.2, 0.25) is 0 Å². The molecule has 0 saturated heterocycles. The van der Waals surface area contributed by atoms with Crippen LogP contribution in [0, 0.1) is 0 Å². The molecule has 2 rings (SSSR count). The van der Waals surface area contributed by atoms with Crippen molar-refractivity contribution in [3.63, 3.8) is 0 Å². The number of hydrogen-bond donors (Lipinski definition) is 1. The first-order valence-corrected chi connectivity index (χ1v) is 9.38. The van der Waals surface area contributed by atoms with Crippen molar-refractivity contribution in [2.75, 3.05) is 23.3 Å². The zero-order valence-corrected chi connectivity index (χ0v) is 14.8. The van der Waals surface area contributed by atoms with Gasteiger partial charge in [-0.15, -0.1) is 0 Å². The number of fused-ring (bicyclic) bond motifs is 1. The second-order valence-electron chi connectivity index (χ2n) is 6.81. The highest BCUT2D eigenvalue weighted by molar-refractivity contribution is 5.73. The Morgan fingerprint density at radius 2 is 1.59 bits per heavy atom. The predicted molar refractivity (Wildman–Crippen MR) is 99.0 cm³/mol. The molecule has 2 heteroatoms. The molecule has 0 aliphatic carbocycles. The molecule has 1 N–H and O–H groups in total. The highest BCUT2D eigenvalue weighted by atomic mass is 15.3. The maximum absolute atomic E-state index is 3.74. The zero-order valence-electron chi connectivity index (χ0n) is 14.8. The van der Waals surface area contributed by atoms with Crippen molar-refractivity contribution in [3.05, 3.63) is 24.3 Å².